The molecule has 4 aliphatic rings. The van der Waals surface area contributed by atoms with Gasteiger partial charge in [0.2, 0.25) is 11.9 Å². The highest BCUT2D eigenvalue weighted by Crippen LogP contribution is 2.47. The molecule has 1 aliphatic carbocycles. The number of fused-ring (bicyclic) bond motifs is 3. The third kappa shape index (κ3) is 4.34. The highest BCUT2D eigenvalue weighted by Gasteiger charge is 2.50. The lowest BCUT2D eigenvalue weighted by Crippen LogP contribution is -2.45. The SMILES string of the molecule is CN(C)C(=O)c1cc2cnc(Nc3ccc(N4CC5(CC4=O)CC4CCC(C5)N4)cn3)nc2n1C1CCCC1. The van der Waals surface area contributed by atoms with E-state index in [1.165, 1.54) is 12.8 Å². The van der Waals surface area contributed by atoms with Gasteiger partial charge in [0.05, 0.1) is 11.9 Å². The molecular formula is C29H36N8O2. The van der Waals surface area contributed by atoms with Crippen molar-refractivity contribution in [2.45, 2.75) is 75.9 Å². The van der Waals surface area contributed by atoms with Gasteiger partial charge in [-0.15, -0.1) is 0 Å². The monoisotopic (exact) mass is 528 g/mol. The fourth-order valence-electron chi connectivity index (χ4n) is 7.49. The van der Waals surface area contributed by atoms with Gasteiger partial charge in [0.1, 0.15) is 17.2 Å². The molecule has 2 N–H and O–H groups in total. The van der Waals surface area contributed by atoms with Crippen molar-refractivity contribution >= 4 is 40.3 Å². The Bertz CT molecular complexity index is 1410. The van der Waals surface area contributed by atoms with Crippen molar-refractivity contribution in [2.75, 3.05) is 30.9 Å². The van der Waals surface area contributed by atoms with E-state index in [0.29, 0.717) is 36.0 Å². The average Bonchev–Trinajstić information content (AvgIpc) is 3.70. The van der Waals surface area contributed by atoms with Gasteiger partial charge < -0.3 is 25.0 Å². The third-order valence-electron chi connectivity index (χ3n) is 9.21. The van der Waals surface area contributed by atoms with Gasteiger partial charge in [-0.05, 0) is 56.7 Å². The molecule has 7 rings (SSSR count). The minimum atomic E-state index is -0.0259. The summed E-state index contributed by atoms with van der Waals surface area (Å²) in [7, 11) is 3.55. The van der Waals surface area contributed by atoms with Crippen molar-refractivity contribution < 1.29 is 9.59 Å². The Hall–Kier alpha value is -3.53. The molecule has 0 aromatic carbocycles. The molecule has 3 aromatic rings. The number of piperidine rings is 1. The second-order valence-electron chi connectivity index (χ2n) is 12.2. The Kier molecular flexibility index (Phi) is 5.84. The van der Waals surface area contributed by atoms with Crippen molar-refractivity contribution in [1.29, 1.82) is 0 Å². The van der Waals surface area contributed by atoms with Crippen LogP contribution in [0.5, 0.6) is 0 Å². The van der Waals surface area contributed by atoms with Crippen molar-refractivity contribution in [2.24, 2.45) is 5.41 Å². The number of hydrogen-bond acceptors (Lipinski definition) is 7. The highest BCUT2D eigenvalue weighted by atomic mass is 16.2. The van der Waals surface area contributed by atoms with Crippen molar-refractivity contribution in [3.63, 3.8) is 0 Å². The van der Waals surface area contributed by atoms with Crippen molar-refractivity contribution in [1.82, 2.24) is 29.7 Å². The molecule has 2 amide bonds. The first-order valence-corrected chi connectivity index (χ1v) is 14.3. The number of aromatic nitrogens is 4. The molecule has 0 radical (unpaired) electrons. The normalized spacial score (nSPS) is 26.7. The van der Waals surface area contributed by atoms with Gasteiger partial charge in [0.25, 0.3) is 5.91 Å². The topological polar surface area (TPSA) is 108 Å². The van der Waals surface area contributed by atoms with Crippen LogP contribution in [0, 0.1) is 5.41 Å². The number of amides is 2. The van der Waals surface area contributed by atoms with Gasteiger partial charge in [0.15, 0.2) is 0 Å². The quantitative estimate of drug-likeness (QED) is 0.515. The zero-order valence-corrected chi connectivity index (χ0v) is 22.7. The van der Waals surface area contributed by atoms with Crippen LogP contribution < -0.4 is 15.5 Å². The van der Waals surface area contributed by atoms with E-state index in [1.54, 1.807) is 31.4 Å². The van der Waals surface area contributed by atoms with E-state index in [-0.39, 0.29) is 23.3 Å². The lowest BCUT2D eigenvalue weighted by molar-refractivity contribution is -0.118. The van der Waals surface area contributed by atoms with Gasteiger partial charge in [-0.25, -0.2) is 9.97 Å². The number of hydrogen-bond donors (Lipinski definition) is 2. The number of pyridine rings is 1. The summed E-state index contributed by atoms with van der Waals surface area (Å²) < 4.78 is 2.11. The summed E-state index contributed by atoms with van der Waals surface area (Å²) in [6.07, 6.45) is 13.2. The maximum Gasteiger partial charge on any atom is 0.270 e. The predicted molar refractivity (Wildman–Crippen MR) is 149 cm³/mol. The van der Waals surface area contributed by atoms with Crippen LogP contribution in [0.15, 0.2) is 30.6 Å². The summed E-state index contributed by atoms with van der Waals surface area (Å²) >= 11 is 0. The van der Waals surface area contributed by atoms with Crippen LogP contribution in [-0.2, 0) is 4.79 Å². The first kappa shape index (κ1) is 24.5. The molecule has 39 heavy (non-hydrogen) atoms. The molecule has 6 heterocycles. The van der Waals surface area contributed by atoms with Gasteiger partial charge in [-0.2, -0.15) is 4.98 Å². The largest absolute Gasteiger partial charge is 0.343 e. The van der Waals surface area contributed by atoms with E-state index >= 15 is 0 Å². The molecule has 3 saturated heterocycles. The molecule has 2 unspecified atom stereocenters. The fourth-order valence-corrected chi connectivity index (χ4v) is 7.49. The predicted octanol–water partition coefficient (Wildman–Crippen LogP) is 4.02. The summed E-state index contributed by atoms with van der Waals surface area (Å²) in [5, 5.41) is 7.78. The maximum atomic E-state index is 13.0. The van der Waals surface area contributed by atoms with Gasteiger partial charge in [-0.3, -0.25) is 9.59 Å². The molecule has 1 spiro atoms. The van der Waals surface area contributed by atoms with Gasteiger partial charge >= 0.3 is 0 Å². The zero-order chi connectivity index (χ0) is 26.7. The first-order valence-electron chi connectivity index (χ1n) is 14.3. The molecule has 204 valence electrons. The van der Waals surface area contributed by atoms with Gasteiger partial charge in [-0.1, -0.05) is 12.8 Å². The fraction of sp³-hybridized carbons (Fsp3) is 0.552. The number of carbonyl (C=O) groups is 2. The number of carbonyl (C=O) groups excluding carboxylic acids is 2. The Morgan fingerprint density at radius 2 is 1.85 bits per heavy atom. The van der Waals surface area contributed by atoms with Crippen LogP contribution >= 0.6 is 0 Å². The molecular weight excluding hydrogens is 492 g/mol. The molecule has 3 aliphatic heterocycles. The standard InChI is InChI=1S/C29H36N8O2/c1-35(2)27(39)23-11-18-15-31-28(34-26(18)37(23)21-5-3-4-6-21)33-24-10-9-22(16-30-24)36-17-29(14-25(36)38)12-19-7-8-20(13-29)32-19/h9-11,15-16,19-21,32H,3-8,12-14,17H2,1-2H3,(H,30,31,33,34). The summed E-state index contributed by atoms with van der Waals surface area (Å²) in [4.78, 5) is 43.5. The van der Waals surface area contributed by atoms with E-state index in [4.69, 9.17) is 4.98 Å². The van der Waals surface area contributed by atoms with Crippen LogP contribution in [0.3, 0.4) is 0 Å². The summed E-state index contributed by atoms with van der Waals surface area (Å²) in [5.74, 6) is 1.22. The molecule has 3 aromatic heterocycles. The van der Waals surface area contributed by atoms with Crippen LogP contribution in [0.4, 0.5) is 17.5 Å². The summed E-state index contributed by atoms with van der Waals surface area (Å²) in [6, 6.07) is 7.12. The maximum absolute atomic E-state index is 13.0. The van der Waals surface area contributed by atoms with Crippen LogP contribution in [0.1, 0.15) is 74.3 Å². The molecule has 2 bridgehead atoms. The number of anilines is 3. The highest BCUT2D eigenvalue weighted by molar-refractivity contribution is 5.98. The summed E-state index contributed by atoms with van der Waals surface area (Å²) in [5.41, 5.74) is 2.36. The molecule has 2 atom stereocenters. The van der Waals surface area contributed by atoms with E-state index in [2.05, 4.69) is 25.2 Å². The summed E-state index contributed by atoms with van der Waals surface area (Å²) in [6.45, 7) is 0.779. The van der Waals surface area contributed by atoms with Crippen LogP contribution in [0.25, 0.3) is 11.0 Å². The number of nitrogens with one attached hydrogen (secondary N) is 2. The Balaban J connectivity index is 1.11. The Morgan fingerprint density at radius 1 is 1.08 bits per heavy atom. The zero-order valence-electron chi connectivity index (χ0n) is 22.7. The van der Waals surface area contributed by atoms with Crippen LogP contribution in [-0.4, -0.2) is 69.0 Å². The van der Waals surface area contributed by atoms with Crippen molar-refractivity contribution in [3.8, 4) is 0 Å². The van der Waals surface area contributed by atoms with E-state index < -0.39 is 0 Å². The van der Waals surface area contributed by atoms with Crippen molar-refractivity contribution in [3.05, 3.63) is 36.3 Å². The minimum Gasteiger partial charge on any atom is -0.343 e. The minimum absolute atomic E-state index is 0.0259. The molecule has 10 heteroatoms. The lowest BCUT2D eigenvalue weighted by Gasteiger charge is -2.37. The first-order chi connectivity index (χ1) is 18.9. The van der Waals surface area contributed by atoms with E-state index in [0.717, 1.165) is 61.8 Å². The average molecular weight is 529 g/mol. The second kappa shape index (κ2) is 9.29. The molecule has 1 saturated carbocycles. The number of rotatable bonds is 5. The van der Waals surface area contributed by atoms with Crippen LogP contribution in [0.2, 0.25) is 0 Å². The third-order valence-corrected chi connectivity index (χ3v) is 9.21. The smallest absolute Gasteiger partial charge is 0.270 e. The Labute approximate surface area is 228 Å². The Morgan fingerprint density at radius 3 is 2.54 bits per heavy atom. The number of nitrogens with zero attached hydrogens (tertiary/aromatic N) is 6. The lowest BCUT2D eigenvalue weighted by atomic mass is 9.75. The molecule has 10 nitrogen and oxygen atoms in total. The second-order valence-corrected chi connectivity index (χ2v) is 12.2. The van der Waals surface area contributed by atoms with E-state index in [9.17, 15) is 9.59 Å². The van der Waals surface area contributed by atoms with Gasteiger partial charge in [0, 0.05) is 62.2 Å². The molecule has 4 fully saturated rings. The van der Waals surface area contributed by atoms with E-state index in [1.807, 2.05) is 23.1 Å².